The lowest BCUT2D eigenvalue weighted by atomic mass is 9.97. The summed E-state index contributed by atoms with van der Waals surface area (Å²) in [5.74, 6) is 0. The van der Waals surface area contributed by atoms with E-state index in [-0.39, 0.29) is 12.6 Å². The van der Waals surface area contributed by atoms with Crippen LogP contribution < -0.4 is 5.32 Å². The number of nitrogens with zero attached hydrogens (tertiary/aromatic N) is 1. The second kappa shape index (κ2) is 7.20. The summed E-state index contributed by atoms with van der Waals surface area (Å²) in [4.78, 5) is 2.56. The number of rotatable bonds is 6. The first-order valence-electron chi connectivity index (χ1n) is 6.34. The van der Waals surface area contributed by atoms with Crippen molar-refractivity contribution >= 4 is 0 Å². The van der Waals surface area contributed by atoms with Gasteiger partial charge in [-0.3, -0.25) is 4.90 Å². The van der Waals surface area contributed by atoms with Crippen LogP contribution in [0, 0.1) is 0 Å². The predicted octanol–water partition coefficient (Wildman–Crippen LogP) is 1.22. The quantitative estimate of drug-likeness (QED) is 0.698. The maximum absolute atomic E-state index is 9.18. The molecule has 0 aliphatic carbocycles. The van der Waals surface area contributed by atoms with E-state index in [0.29, 0.717) is 0 Å². The second-order valence-electron chi connectivity index (χ2n) is 4.60. The number of hydrogen-bond acceptors (Lipinski definition) is 3. The molecule has 3 heteroatoms. The van der Waals surface area contributed by atoms with Gasteiger partial charge < -0.3 is 10.4 Å². The number of likely N-dealkylation sites (tertiary alicyclic amines) is 1. The minimum absolute atomic E-state index is 0.238. The molecule has 0 amide bonds. The summed E-state index contributed by atoms with van der Waals surface area (Å²) in [5.41, 5.74) is 0. The van der Waals surface area contributed by atoms with E-state index < -0.39 is 0 Å². The topological polar surface area (TPSA) is 35.5 Å². The largest absolute Gasteiger partial charge is 0.395 e. The van der Waals surface area contributed by atoms with Gasteiger partial charge in [-0.05, 0) is 32.9 Å². The Hall–Kier alpha value is -0.120. The summed E-state index contributed by atoms with van der Waals surface area (Å²) in [7, 11) is 1.93. The number of likely N-dealkylation sites (N-methyl/N-ethyl adjacent to an activating group) is 1. The van der Waals surface area contributed by atoms with Crippen LogP contribution in [0.25, 0.3) is 0 Å². The van der Waals surface area contributed by atoms with Gasteiger partial charge >= 0.3 is 0 Å². The molecule has 2 atom stereocenters. The van der Waals surface area contributed by atoms with Crippen LogP contribution in [0.15, 0.2) is 0 Å². The standard InChI is InChI=1S/C12H26N2O/c1-3-6-12-7-4-5-8-14(12)9-11(10-15)13-2/h11-13,15H,3-10H2,1-2H3. The van der Waals surface area contributed by atoms with Crippen LogP contribution in [-0.2, 0) is 0 Å². The molecule has 2 N–H and O–H groups in total. The van der Waals surface area contributed by atoms with Gasteiger partial charge in [0, 0.05) is 18.6 Å². The van der Waals surface area contributed by atoms with E-state index in [0.717, 1.165) is 12.6 Å². The Morgan fingerprint density at radius 3 is 2.87 bits per heavy atom. The van der Waals surface area contributed by atoms with Gasteiger partial charge in [0.05, 0.1) is 6.61 Å². The molecule has 1 aliphatic heterocycles. The number of nitrogens with one attached hydrogen (secondary N) is 1. The van der Waals surface area contributed by atoms with Crippen LogP contribution in [0.1, 0.15) is 39.0 Å². The van der Waals surface area contributed by atoms with Gasteiger partial charge in [0.25, 0.3) is 0 Å². The van der Waals surface area contributed by atoms with Crippen molar-refractivity contribution in [3.05, 3.63) is 0 Å². The van der Waals surface area contributed by atoms with Gasteiger partial charge in [-0.15, -0.1) is 0 Å². The number of hydrogen-bond donors (Lipinski definition) is 2. The molecule has 0 spiro atoms. The van der Waals surface area contributed by atoms with Crippen LogP contribution in [-0.4, -0.2) is 48.8 Å². The van der Waals surface area contributed by atoms with E-state index in [1.807, 2.05) is 7.05 Å². The summed E-state index contributed by atoms with van der Waals surface area (Å²) in [5, 5.41) is 12.4. The van der Waals surface area contributed by atoms with Gasteiger partial charge in [0.15, 0.2) is 0 Å². The first-order valence-corrected chi connectivity index (χ1v) is 6.34. The van der Waals surface area contributed by atoms with E-state index in [9.17, 15) is 5.11 Å². The van der Waals surface area contributed by atoms with Crippen molar-refractivity contribution in [1.82, 2.24) is 10.2 Å². The smallest absolute Gasteiger partial charge is 0.0597 e. The third kappa shape index (κ3) is 4.09. The molecule has 0 saturated carbocycles. The molecule has 1 rings (SSSR count). The average molecular weight is 214 g/mol. The lowest BCUT2D eigenvalue weighted by Gasteiger charge is -2.37. The highest BCUT2D eigenvalue weighted by atomic mass is 16.3. The van der Waals surface area contributed by atoms with Gasteiger partial charge in [-0.2, -0.15) is 0 Å². The van der Waals surface area contributed by atoms with Gasteiger partial charge in [-0.1, -0.05) is 19.8 Å². The molecule has 90 valence electrons. The maximum atomic E-state index is 9.18. The monoisotopic (exact) mass is 214 g/mol. The van der Waals surface area contributed by atoms with Crippen LogP contribution in [0.2, 0.25) is 0 Å². The fraction of sp³-hybridized carbons (Fsp3) is 1.00. The zero-order valence-corrected chi connectivity index (χ0v) is 10.2. The molecule has 1 fully saturated rings. The predicted molar refractivity (Wildman–Crippen MR) is 64.1 cm³/mol. The molecule has 0 aromatic carbocycles. The van der Waals surface area contributed by atoms with Crippen molar-refractivity contribution in [2.75, 3.05) is 26.7 Å². The van der Waals surface area contributed by atoms with Crippen LogP contribution >= 0.6 is 0 Å². The van der Waals surface area contributed by atoms with E-state index in [4.69, 9.17) is 0 Å². The number of aliphatic hydroxyl groups excluding tert-OH is 1. The minimum Gasteiger partial charge on any atom is -0.395 e. The maximum Gasteiger partial charge on any atom is 0.0597 e. The fourth-order valence-corrected chi connectivity index (χ4v) is 2.48. The van der Waals surface area contributed by atoms with Crippen molar-refractivity contribution in [2.24, 2.45) is 0 Å². The van der Waals surface area contributed by atoms with Crippen LogP contribution in [0.5, 0.6) is 0 Å². The van der Waals surface area contributed by atoms with E-state index >= 15 is 0 Å². The molecule has 3 nitrogen and oxygen atoms in total. The van der Waals surface area contributed by atoms with Crippen molar-refractivity contribution < 1.29 is 5.11 Å². The molecule has 0 aromatic rings. The summed E-state index contributed by atoms with van der Waals surface area (Å²) < 4.78 is 0. The molecule has 1 aliphatic rings. The van der Waals surface area contributed by atoms with Crippen LogP contribution in [0.3, 0.4) is 0 Å². The molecule has 1 saturated heterocycles. The molecule has 2 unspecified atom stereocenters. The summed E-state index contributed by atoms with van der Waals surface area (Å²) >= 11 is 0. The minimum atomic E-state index is 0.238. The second-order valence-corrected chi connectivity index (χ2v) is 4.60. The highest BCUT2D eigenvalue weighted by Gasteiger charge is 2.23. The Labute approximate surface area is 93.9 Å². The Bertz CT molecular complexity index is 158. The van der Waals surface area contributed by atoms with Crippen LogP contribution in [0.4, 0.5) is 0 Å². The first kappa shape index (κ1) is 12.9. The fourth-order valence-electron chi connectivity index (χ4n) is 2.48. The molecule has 1 heterocycles. The van der Waals surface area contributed by atoms with Gasteiger partial charge in [-0.25, -0.2) is 0 Å². The first-order chi connectivity index (χ1) is 7.31. The SMILES string of the molecule is CCCC1CCCCN1CC(CO)NC. The summed E-state index contributed by atoms with van der Waals surface area (Å²) in [6.07, 6.45) is 6.62. The van der Waals surface area contributed by atoms with E-state index in [2.05, 4.69) is 17.1 Å². The Morgan fingerprint density at radius 1 is 1.47 bits per heavy atom. The van der Waals surface area contributed by atoms with Gasteiger partial charge in [0.2, 0.25) is 0 Å². The normalized spacial score (nSPS) is 25.4. The average Bonchev–Trinajstić information content (AvgIpc) is 2.28. The Morgan fingerprint density at radius 2 is 2.27 bits per heavy atom. The molecule has 0 aromatic heterocycles. The molecule has 0 radical (unpaired) electrons. The highest BCUT2D eigenvalue weighted by Crippen LogP contribution is 2.20. The summed E-state index contributed by atoms with van der Waals surface area (Å²) in [6, 6.07) is 0.994. The highest BCUT2D eigenvalue weighted by molar-refractivity contribution is 4.80. The number of aliphatic hydroxyl groups is 1. The van der Waals surface area contributed by atoms with Crippen molar-refractivity contribution in [2.45, 2.75) is 51.1 Å². The molecular weight excluding hydrogens is 188 g/mol. The lowest BCUT2D eigenvalue weighted by Crippen LogP contribution is -2.48. The molecular formula is C12H26N2O. The van der Waals surface area contributed by atoms with Crippen molar-refractivity contribution in [3.63, 3.8) is 0 Å². The van der Waals surface area contributed by atoms with Crippen molar-refractivity contribution in [3.8, 4) is 0 Å². The summed E-state index contributed by atoms with van der Waals surface area (Å²) in [6.45, 7) is 4.71. The van der Waals surface area contributed by atoms with Crippen molar-refractivity contribution in [1.29, 1.82) is 0 Å². The third-order valence-electron chi connectivity index (χ3n) is 3.45. The van der Waals surface area contributed by atoms with Gasteiger partial charge in [0.1, 0.15) is 0 Å². The zero-order valence-electron chi connectivity index (χ0n) is 10.2. The molecule has 15 heavy (non-hydrogen) atoms. The van der Waals surface area contributed by atoms with E-state index in [1.165, 1.54) is 38.6 Å². The van der Waals surface area contributed by atoms with E-state index in [1.54, 1.807) is 0 Å². The Balaban J connectivity index is 2.40. The third-order valence-corrected chi connectivity index (χ3v) is 3.45. The zero-order chi connectivity index (χ0) is 11.1. The Kier molecular flexibility index (Phi) is 6.22. The lowest BCUT2D eigenvalue weighted by molar-refractivity contribution is 0.110. The molecule has 0 bridgehead atoms. The number of piperidine rings is 1.